The van der Waals surface area contributed by atoms with E-state index in [2.05, 4.69) is 60.6 Å². The maximum Gasteiger partial charge on any atom is 0.418 e. The predicted molar refractivity (Wildman–Crippen MR) is 249 cm³/mol. The molecule has 11 heteroatoms. The summed E-state index contributed by atoms with van der Waals surface area (Å²) in [5.74, 6) is 0.872. The van der Waals surface area contributed by atoms with Crippen LogP contribution in [0, 0.1) is 11.8 Å². The summed E-state index contributed by atoms with van der Waals surface area (Å²) in [6.45, 7) is 26.5. The van der Waals surface area contributed by atoms with Gasteiger partial charge < -0.3 is 9.47 Å². The van der Waals surface area contributed by atoms with Crippen LogP contribution in [0.5, 0.6) is 11.5 Å². The lowest BCUT2D eigenvalue weighted by molar-refractivity contribution is -0.137. The largest absolute Gasteiger partial charge is 0.491 e. The van der Waals surface area contributed by atoms with Crippen molar-refractivity contribution in [3.63, 3.8) is 0 Å². The number of amides is 2. The van der Waals surface area contributed by atoms with Crippen LogP contribution in [0.2, 0.25) is 0 Å². The topological polar surface area (TPSA) is 55.8 Å². The first-order valence-corrected chi connectivity index (χ1v) is 24.3. The molecule has 2 atom stereocenters. The summed E-state index contributed by atoms with van der Waals surface area (Å²) in [6.07, 6.45) is 3.86. The highest BCUT2D eigenvalue weighted by Gasteiger charge is 2.48. The Hall–Kier alpha value is -3.41. The smallest absolute Gasteiger partial charge is 0.418 e. The van der Waals surface area contributed by atoms with E-state index >= 15 is 0 Å². The number of carbonyl (C=O) groups is 2. The number of fused-ring (bicyclic) bond motifs is 3. The molecule has 5 aromatic rings. The molecule has 0 N–H and O–H groups in total. The van der Waals surface area contributed by atoms with Gasteiger partial charge in [-0.05, 0) is 59.8 Å². The zero-order valence-corrected chi connectivity index (χ0v) is 40.1. The van der Waals surface area contributed by atoms with Gasteiger partial charge >= 0.3 is 6.18 Å². The quantitative estimate of drug-likeness (QED) is 0.0927. The summed E-state index contributed by atoms with van der Waals surface area (Å²) in [5, 5.41) is 1.89. The van der Waals surface area contributed by atoms with Crippen LogP contribution in [0.25, 0.3) is 29.9 Å². The summed E-state index contributed by atoms with van der Waals surface area (Å²) in [6, 6.07) is 9.11. The molecule has 2 amide bonds. The summed E-state index contributed by atoms with van der Waals surface area (Å²) < 4.78 is 58.8. The van der Waals surface area contributed by atoms with E-state index in [1.165, 1.54) is 45.7 Å². The Kier molecular flexibility index (Phi) is 15.3. The van der Waals surface area contributed by atoms with Crippen LogP contribution in [-0.4, -0.2) is 25.0 Å². The fourth-order valence-electron chi connectivity index (χ4n) is 7.65. The second-order valence-electron chi connectivity index (χ2n) is 17.8. The third kappa shape index (κ3) is 9.63. The molecule has 0 aliphatic carbocycles. The van der Waals surface area contributed by atoms with E-state index in [1.807, 2.05) is 34.6 Å². The van der Waals surface area contributed by atoms with Gasteiger partial charge in [0.15, 0.2) is 0 Å². The number of anilines is 1. The van der Waals surface area contributed by atoms with Gasteiger partial charge in [-0.2, -0.15) is 13.2 Å². The molecular weight excluding hydrogens is 820 g/mol. The Morgan fingerprint density at radius 1 is 0.683 bits per heavy atom. The first kappa shape index (κ1) is 47.6. The van der Waals surface area contributed by atoms with Gasteiger partial charge in [0.1, 0.15) is 11.5 Å². The summed E-state index contributed by atoms with van der Waals surface area (Å²) >= 11 is 4.61. The number of thiophene rings is 3. The van der Waals surface area contributed by atoms with Gasteiger partial charge in [-0.25, -0.2) is 4.90 Å². The van der Waals surface area contributed by atoms with E-state index in [4.69, 9.17) is 9.47 Å². The maximum absolute atomic E-state index is 14.5. The zero-order valence-electron chi connectivity index (χ0n) is 37.6. The average molecular weight is 884 g/mol. The Morgan fingerprint density at radius 2 is 1.20 bits per heavy atom. The van der Waals surface area contributed by atoms with Crippen molar-refractivity contribution in [1.82, 2.24) is 0 Å². The number of hydrogen-bond acceptors (Lipinski definition) is 7. The molecule has 6 rings (SSSR count). The molecule has 0 radical (unpaired) electrons. The van der Waals surface area contributed by atoms with E-state index in [1.54, 1.807) is 11.3 Å². The van der Waals surface area contributed by atoms with Crippen LogP contribution in [0.1, 0.15) is 170 Å². The van der Waals surface area contributed by atoms with Gasteiger partial charge in [0.25, 0.3) is 11.8 Å². The van der Waals surface area contributed by atoms with Crippen molar-refractivity contribution in [3.8, 4) is 21.3 Å². The molecule has 0 fully saturated rings. The van der Waals surface area contributed by atoms with Gasteiger partial charge in [0, 0.05) is 25.4 Å². The number of halogens is 3. The van der Waals surface area contributed by atoms with Crippen LogP contribution in [0.15, 0.2) is 36.4 Å². The molecule has 0 bridgehead atoms. The van der Waals surface area contributed by atoms with Gasteiger partial charge in [-0.3, -0.25) is 9.59 Å². The van der Waals surface area contributed by atoms with Gasteiger partial charge in [0.05, 0.1) is 49.9 Å². The average Bonchev–Trinajstić information content (AvgIpc) is 3.98. The van der Waals surface area contributed by atoms with Crippen LogP contribution in [0.4, 0.5) is 18.9 Å². The lowest BCUT2D eigenvalue weighted by atomic mass is 9.90. The van der Waals surface area contributed by atoms with Crippen molar-refractivity contribution in [3.05, 3.63) is 62.8 Å². The summed E-state index contributed by atoms with van der Waals surface area (Å²) in [4.78, 5) is 32.8. The number of ether oxygens (including phenoxy) is 2. The van der Waals surface area contributed by atoms with Crippen LogP contribution >= 0.6 is 34.0 Å². The molecule has 3 aromatic heterocycles. The van der Waals surface area contributed by atoms with Crippen LogP contribution < -0.4 is 14.4 Å². The van der Waals surface area contributed by atoms with Crippen LogP contribution in [0.3, 0.4) is 0 Å². The second kappa shape index (κ2) is 19.3. The van der Waals surface area contributed by atoms with Gasteiger partial charge in [0.2, 0.25) is 0 Å². The SMILES string of the molecule is CC.CCCCC(CC)COc1c2cc(C(C)(C)C)sc2c(OCC(CC)CCCC)c2cc(-c3sc(C(C)(C)C)c4c3C(=O)N(c3ccccc3C(F)(F)F)C4=O)sc12. The Balaban J connectivity index is 0.00000336. The number of nitrogens with zero attached hydrogens (tertiary/aromatic N) is 1. The third-order valence-electron chi connectivity index (χ3n) is 11.2. The van der Waals surface area contributed by atoms with Gasteiger partial charge in [-0.15, -0.1) is 34.0 Å². The lowest BCUT2D eigenvalue weighted by Crippen LogP contribution is -2.32. The molecule has 0 saturated carbocycles. The van der Waals surface area contributed by atoms with E-state index in [9.17, 15) is 22.8 Å². The molecule has 2 unspecified atom stereocenters. The minimum atomic E-state index is -4.76. The molecule has 1 aliphatic rings. The third-order valence-corrected chi connectivity index (χ3v) is 15.7. The normalized spacial score (nSPS) is 14.5. The Labute approximate surface area is 367 Å². The first-order chi connectivity index (χ1) is 28.3. The first-order valence-electron chi connectivity index (χ1n) is 21.9. The number of carbonyl (C=O) groups excluding carboxylic acids is 2. The number of benzene rings is 2. The van der Waals surface area contributed by atoms with Gasteiger partial charge in [-0.1, -0.05) is 134 Å². The minimum Gasteiger partial charge on any atom is -0.491 e. The van der Waals surface area contributed by atoms with Crippen LogP contribution in [-0.2, 0) is 17.0 Å². The monoisotopic (exact) mass is 883 g/mol. The van der Waals surface area contributed by atoms with E-state index in [0.29, 0.717) is 34.8 Å². The fraction of sp³-hybridized carbons (Fsp3) is 0.551. The van der Waals surface area contributed by atoms with Crippen molar-refractivity contribution in [2.24, 2.45) is 11.8 Å². The van der Waals surface area contributed by atoms with E-state index in [0.717, 1.165) is 98.9 Å². The molecule has 4 heterocycles. The summed E-state index contributed by atoms with van der Waals surface area (Å²) in [5.41, 5.74) is -1.84. The minimum absolute atomic E-state index is 0.110. The zero-order chi connectivity index (χ0) is 44.3. The van der Waals surface area contributed by atoms with E-state index in [-0.39, 0.29) is 16.5 Å². The van der Waals surface area contributed by atoms with Crippen molar-refractivity contribution in [1.29, 1.82) is 0 Å². The van der Waals surface area contributed by atoms with Crippen molar-refractivity contribution in [2.75, 3.05) is 18.1 Å². The number of hydrogen-bond donors (Lipinski definition) is 0. The molecule has 60 heavy (non-hydrogen) atoms. The highest BCUT2D eigenvalue weighted by atomic mass is 32.1. The molecule has 1 aliphatic heterocycles. The molecular formula is C49H64F3NO4S3. The number of unbranched alkanes of at least 4 members (excludes halogenated alkanes) is 2. The Morgan fingerprint density at radius 3 is 1.70 bits per heavy atom. The van der Waals surface area contributed by atoms with Crippen molar-refractivity contribution < 1.29 is 32.2 Å². The standard InChI is InChI=1S/C47H58F3NO4S3.C2H6/c1-11-15-19-27(13-3)25-54-37-29-23-33(56-39(29)38(55-26-28(14-4)20-16-12-2)30-24-34(45(5,6)7)57-40(30)37)41-35-36(42(58-41)46(8,9)10)44(53)51(43(35)52)32-22-18-17-21-31(32)47(48,49)50;1-2/h17-18,21-24,27-28H,11-16,19-20,25-26H2,1-10H3;1-2H3. The molecule has 328 valence electrons. The highest BCUT2D eigenvalue weighted by molar-refractivity contribution is 7.27. The van der Waals surface area contributed by atoms with E-state index < -0.39 is 34.7 Å². The van der Waals surface area contributed by atoms with Crippen molar-refractivity contribution in [2.45, 2.75) is 151 Å². The highest BCUT2D eigenvalue weighted by Crippen LogP contribution is 2.56. The number of rotatable bonds is 16. The molecule has 5 nitrogen and oxygen atoms in total. The number of para-hydroxylation sites is 1. The second-order valence-corrected chi connectivity index (χ2v) is 20.9. The molecule has 0 saturated heterocycles. The molecule has 0 spiro atoms. The predicted octanol–water partition coefficient (Wildman–Crippen LogP) is 16.5. The fourth-order valence-corrected chi connectivity index (χ4v) is 11.5. The number of imide groups is 1. The Bertz CT molecular complexity index is 2210. The molecule has 2 aromatic carbocycles. The van der Waals surface area contributed by atoms with Crippen molar-refractivity contribution >= 4 is 71.7 Å². The number of alkyl halides is 3. The lowest BCUT2D eigenvalue weighted by Gasteiger charge is -2.22. The maximum atomic E-state index is 14.5. The summed E-state index contributed by atoms with van der Waals surface area (Å²) in [7, 11) is 0.